The first-order chi connectivity index (χ1) is 18.1. The number of ether oxygens (including phenoxy) is 1. The molecule has 3 heterocycles. The fourth-order valence-electron chi connectivity index (χ4n) is 6.51. The maximum atomic E-state index is 14.0. The lowest BCUT2D eigenvalue weighted by molar-refractivity contribution is 0.0966. The molecule has 2 aliphatic carbocycles. The summed E-state index contributed by atoms with van der Waals surface area (Å²) >= 11 is 0. The van der Waals surface area contributed by atoms with E-state index in [4.69, 9.17) is 4.74 Å². The van der Waals surface area contributed by atoms with Crippen LogP contribution < -0.4 is 9.64 Å². The number of hydrogen-bond acceptors (Lipinski definition) is 5. The van der Waals surface area contributed by atoms with E-state index in [1.807, 2.05) is 29.2 Å². The van der Waals surface area contributed by atoms with Gasteiger partial charge in [-0.25, -0.2) is 4.68 Å². The molecule has 2 aromatic carbocycles. The minimum absolute atomic E-state index is 0.0942. The molecule has 7 heteroatoms. The number of fused-ring (bicyclic) bond motifs is 2. The summed E-state index contributed by atoms with van der Waals surface area (Å²) in [4.78, 5) is 18.5. The van der Waals surface area contributed by atoms with Gasteiger partial charge in [0.2, 0.25) is 0 Å². The van der Waals surface area contributed by atoms with Crippen molar-refractivity contribution in [3.05, 3.63) is 71.0 Å². The molecular weight excluding hydrogens is 462 g/mol. The van der Waals surface area contributed by atoms with Crippen molar-refractivity contribution >= 4 is 11.6 Å². The summed E-state index contributed by atoms with van der Waals surface area (Å²) < 4.78 is 6.96. The molecule has 1 saturated heterocycles. The number of benzene rings is 2. The van der Waals surface area contributed by atoms with Crippen LogP contribution in [0.2, 0.25) is 0 Å². The Morgan fingerprint density at radius 2 is 1.65 bits per heavy atom. The van der Waals surface area contributed by atoms with E-state index in [9.17, 15) is 10.1 Å². The molecule has 3 fully saturated rings. The van der Waals surface area contributed by atoms with Crippen LogP contribution in [0.25, 0.3) is 5.69 Å². The molecule has 2 saturated carbocycles. The van der Waals surface area contributed by atoms with Gasteiger partial charge < -0.3 is 14.5 Å². The number of nitrogens with zero attached hydrogens (tertiary/aromatic N) is 5. The van der Waals surface area contributed by atoms with Crippen molar-refractivity contribution in [2.45, 2.75) is 49.4 Å². The van der Waals surface area contributed by atoms with Crippen LogP contribution in [0.3, 0.4) is 0 Å². The Balaban J connectivity index is 1.23. The molecule has 1 aromatic heterocycles. The number of amides is 1. The van der Waals surface area contributed by atoms with E-state index in [0.717, 1.165) is 42.1 Å². The maximum Gasteiger partial charge on any atom is 0.277 e. The second-order valence-corrected chi connectivity index (χ2v) is 11.3. The van der Waals surface area contributed by atoms with Gasteiger partial charge >= 0.3 is 0 Å². The zero-order valence-corrected chi connectivity index (χ0v) is 21.2. The fraction of sp³-hybridized carbons (Fsp3) is 0.433. The molecule has 7 rings (SSSR count). The summed E-state index contributed by atoms with van der Waals surface area (Å²) in [5.74, 6) is 0.637. The van der Waals surface area contributed by atoms with E-state index < -0.39 is 0 Å². The van der Waals surface area contributed by atoms with E-state index >= 15 is 0 Å². The van der Waals surface area contributed by atoms with Crippen molar-refractivity contribution in [1.29, 1.82) is 5.26 Å². The van der Waals surface area contributed by atoms with Gasteiger partial charge in [0, 0.05) is 35.2 Å². The van der Waals surface area contributed by atoms with Crippen LogP contribution in [-0.2, 0) is 10.8 Å². The molecule has 0 bridgehead atoms. The molecule has 0 atom stereocenters. The quantitative estimate of drug-likeness (QED) is 0.503. The smallest absolute Gasteiger partial charge is 0.277 e. The Bertz CT molecular complexity index is 1400. The topological polar surface area (TPSA) is 74.4 Å². The number of aromatic nitrogens is 2. The normalized spacial score (nSPS) is 21.1. The lowest BCUT2D eigenvalue weighted by Gasteiger charge is -2.33. The first-order valence-corrected chi connectivity index (χ1v) is 13.4. The minimum atomic E-state index is -0.189. The standard InChI is InChI=1S/C30H31N5O2/c1-37-24-10-8-23(9-11-24)35-27-26(25(18-31)32-35)30(14-15-30)20-34(28(27)36)22-6-4-21(5-7-22)29(12-13-29)19-33-16-2-3-17-33/h4-11H,2-3,12-17,19-20H2,1H3. The Kier molecular flexibility index (Phi) is 4.99. The van der Waals surface area contributed by atoms with Crippen LogP contribution in [0.5, 0.6) is 5.75 Å². The number of anilines is 1. The van der Waals surface area contributed by atoms with Gasteiger partial charge in [0.05, 0.1) is 12.8 Å². The summed E-state index contributed by atoms with van der Waals surface area (Å²) in [5.41, 5.74) is 4.86. The van der Waals surface area contributed by atoms with E-state index in [0.29, 0.717) is 17.9 Å². The molecule has 2 aliphatic heterocycles. The van der Waals surface area contributed by atoms with Crippen LogP contribution in [0.4, 0.5) is 5.69 Å². The van der Waals surface area contributed by atoms with Crippen molar-refractivity contribution in [2.24, 2.45) is 0 Å². The second-order valence-electron chi connectivity index (χ2n) is 11.3. The third-order valence-corrected chi connectivity index (χ3v) is 8.97. The molecule has 188 valence electrons. The van der Waals surface area contributed by atoms with Crippen LogP contribution >= 0.6 is 0 Å². The fourth-order valence-corrected chi connectivity index (χ4v) is 6.51. The van der Waals surface area contributed by atoms with Gasteiger partial charge in [-0.15, -0.1) is 0 Å². The third-order valence-electron chi connectivity index (χ3n) is 8.97. The Hall–Kier alpha value is -3.63. The zero-order valence-electron chi connectivity index (χ0n) is 21.2. The molecule has 1 amide bonds. The minimum Gasteiger partial charge on any atom is -0.497 e. The van der Waals surface area contributed by atoms with Crippen molar-refractivity contribution in [3.8, 4) is 17.5 Å². The first-order valence-electron chi connectivity index (χ1n) is 13.4. The average molecular weight is 494 g/mol. The number of likely N-dealkylation sites (tertiary alicyclic amines) is 1. The molecule has 3 aromatic rings. The number of rotatable bonds is 6. The van der Waals surface area contributed by atoms with E-state index in [1.165, 1.54) is 44.3 Å². The number of hydrogen-bond donors (Lipinski definition) is 0. The summed E-state index contributed by atoms with van der Waals surface area (Å²) in [6.45, 7) is 4.19. The second kappa shape index (κ2) is 8.19. The van der Waals surface area contributed by atoms with Crippen LogP contribution in [0.15, 0.2) is 48.5 Å². The predicted octanol–water partition coefficient (Wildman–Crippen LogP) is 4.57. The highest BCUT2D eigenvalue weighted by molar-refractivity contribution is 6.08. The van der Waals surface area contributed by atoms with Gasteiger partial charge in [-0.05, 0) is 93.6 Å². The van der Waals surface area contributed by atoms with Gasteiger partial charge in [-0.1, -0.05) is 12.1 Å². The maximum absolute atomic E-state index is 14.0. The summed E-state index contributed by atoms with van der Waals surface area (Å²) in [7, 11) is 1.62. The molecule has 0 N–H and O–H groups in total. The number of carbonyl (C=O) groups is 1. The monoisotopic (exact) mass is 493 g/mol. The molecule has 0 radical (unpaired) electrons. The summed E-state index contributed by atoms with van der Waals surface area (Å²) in [6, 6.07) is 18.4. The summed E-state index contributed by atoms with van der Waals surface area (Å²) in [5, 5.41) is 14.5. The van der Waals surface area contributed by atoms with E-state index in [-0.39, 0.29) is 16.7 Å². The van der Waals surface area contributed by atoms with Gasteiger partial charge in [0.1, 0.15) is 17.5 Å². The molecule has 4 aliphatic rings. The van der Waals surface area contributed by atoms with E-state index in [1.54, 1.807) is 11.8 Å². The SMILES string of the molecule is COc1ccc(-n2nc(C#N)c3c2C(=O)N(c2ccc(C4(CN5CCCC5)CC4)cc2)CC32CC2)cc1. The highest BCUT2D eigenvalue weighted by atomic mass is 16.5. The number of methoxy groups -OCH3 is 1. The van der Waals surface area contributed by atoms with Crippen molar-refractivity contribution in [1.82, 2.24) is 14.7 Å². The first kappa shape index (κ1) is 22.6. The molecule has 37 heavy (non-hydrogen) atoms. The van der Waals surface area contributed by atoms with Gasteiger partial charge in [-0.3, -0.25) is 4.79 Å². The Labute approximate surface area is 217 Å². The highest BCUT2D eigenvalue weighted by Crippen LogP contribution is 2.55. The average Bonchev–Trinajstić information content (AvgIpc) is 3.78. The Morgan fingerprint density at radius 3 is 2.24 bits per heavy atom. The van der Waals surface area contributed by atoms with Gasteiger partial charge in [0.15, 0.2) is 5.69 Å². The largest absolute Gasteiger partial charge is 0.497 e. The van der Waals surface area contributed by atoms with E-state index in [2.05, 4.69) is 40.3 Å². The molecular formula is C30H31N5O2. The third kappa shape index (κ3) is 3.58. The van der Waals surface area contributed by atoms with Crippen LogP contribution in [0, 0.1) is 11.3 Å². The van der Waals surface area contributed by atoms with Crippen LogP contribution in [0.1, 0.15) is 65.8 Å². The predicted molar refractivity (Wildman–Crippen MR) is 140 cm³/mol. The lowest BCUT2D eigenvalue weighted by atomic mass is 9.88. The molecule has 7 nitrogen and oxygen atoms in total. The van der Waals surface area contributed by atoms with Crippen molar-refractivity contribution < 1.29 is 9.53 Å². The highest BCUT2D eigenvalue weighted by Gasteiger charge is 2.55. The Morgan fingerprint density at radius 1 is 0.973 bits per heavy atom. The van der Waals surface area contributed by atoms with Gasteiger partial charge in [0.25, 0.3) is 5.91 Å². The molecule has 0 unspecified atom stereocenters. The van der Waals surface area contributed by atoms with Crippen LogP contribution in [-0.4, -0.2) is 53.9 Å². The molecule has 1 spiro atoms. The summed E-state index contributed by atoms with van der Waals surface area (Å²) in [6.07, 6.45) is 7.05. The number of nitriles is 1. The zero-order chi connectivity index (χ0) is 25.2. The van der Waals surface area contributed by atoms with Crippen molar-refractivity contribution in [2.75, 3.05) is 38.2 Å². The lowest BCUT2D eigenvalue weighted by Crippen LogP contribution is -2.44. The van der Waals surface area contributed by atoms with Gasteiger partial charge in [-0.2, -0.15) is 10.4 Å². The van der Waals surface area contributed by atoms with Crippen molar-refractivity contribution in [3.63, 3.8) is 0 Å². The number of carbonyl (C=O) groups excluding carboxylic acids is 1.